The fourth-order valence-corrected chi connectivity index (χ4v) is 1.57. The molecule has 1 heterocycles. The summed E-state index contributed by atoms with van der Waals surface area (Å²) < 4.78 is 26.1. The van der Waals surface area contributed by atoms with Crippen molar-refractivity contribution in [1.29, 1.82) is 0 Å². The highest BCUT2D eigenvalue weighted by Crippen LogP contribution is 2.23. The van der Waals surface area contributed by atoms with E-state index in [1.165, 1.54) is 12.1 Å². The van der Waals surface area contributed by atoms with Crippen molar-refractivity contribution in [3.8, 4) is 11.1 Å². The van der Waals surface area contributed by atoms with Gasteiger partial charge < -0.3 is 5.73 Å². The largest absolute Gasteiger partial charge is 0.325 e. The molecule has 0 fully saturated rings. The average Bonchev–Trinajstić information content (AvgIpc) is 2.27. The molecule has 16 heavy (non-hydrogen) atoms. The number of pyridine rings is 1. The van der Waals surface area contributed by atoms with Crippen LogP contribution in [0.15, 0.2) is 36.5 Å². The maximum atomic E-state index is 13.1. The highest BCUT2D eigenvalue weighted by molar-refractivity contribution is 5.65. The van der Waals surface area contributed by atoms with Crippen molar-refractivity contribution >= 4 is 0 Å². The van der Waals surface area contributed by atoms with Gasteiger partial charge in [-0.05, 0) is 23.8 Å². The highest BCUT2D eigenvalue weighted by Gasteiger charge is 2.07. The summed E-state index contributed by atoms with van der Waals surface area (Å²) >= 11 is 0. The molecule has 1 aromatic carbocycles. The third-order valence-corrected chi connectivity index (χ3v) is 2.26. The van der Waals surface area contributed by atoms with Crippen LogP contribution in [0.3, 0.4) is 0 Å². The fraction of sp³-hybridized carbons (Fsp3) is 0.0833. The molecule has 0 aliphatic rings. The number of halogens is 2. The summed E-state index contributed by atoms with van der Waals surface area (Å²) in [6.07, 6.45) is 1.60. The molecule has 2 rings (SSSR count). The molecule has 1 aromatic heterocycles. The zero-order valence-electron chi connectivity index (χ0n) is 8.45. The van der Waals surface area contributed by atoms with Crippen LogP contribution in [0.1, 0.15) is 5.69 Å². The quantitative estimate of drug-likeness (QED) is 0.844. The normalized spacial score (nSPS) is 10.4. The van der Waals surface area contributed by atoms with Crippen LogP contribution in [0.2, 0.25) is 0 Å². The van der Waals surface area contributed by atoms with Gasteiger partial charge in [-0.15, -0.1) is 0 Å². The Morgan fingerprint density at radius 1 is 1.12 bits per heavy atom. The van der Waals surface area contributed by atoms with Crippen molar-refractivity contribution in [3.05, 3.63) is 53.9 Å². The number of aromatic nitrogens is 1. The molecule has 2 N–H and O–H groups in total. The minimum Gasteiger partial charge on any atom is -0.325 e. The lowest BCUT2D eigenvalue weighted by molar-refractivity contribution is 0.584. The lowest BCUT2D eigenvalue weighted by Gasteiger charge is -2.06. The first-order valence-electron chi connectivity index (χ1n) is 4.81. The summed E-state index contributed by atoms with van der Waals surface area (Å²) in [6, 6.07) is 6.81. The number of nitrogens with two attached hydrogens (primary N) is 1. The molecule has 0 spiro atoms. The summed E-state index contributed by atoms with van der Waals surface area (Å²) in [6.45, 7) is 0.230. The Hall–Kier alpha value is -1.81. The molecular formula is C12H10F2N2. The first kappa shape index (κ1) is 10.7. The Kier molecular flexibility index (Phi) is 2.92. The molecule has 0 radical (unpaired) electrons. The van der Waals surface area contributed by atoms with Crippen LogP contribution in [0.4, 0.5) is 8.78 Å². The van der Waals surface area contributed by atoms with E-state index in [2.05, 4.69) is 4.98 Å². The zero-order chi connectivity index (χ0) is 11.5. The summed E-state index contributed by atoms with van der Waals surface area (Å²) in [5.41, 5.74) is 7.24. The topological polar surface area (TPSA) is 38.9 Å². The molecule has 0 unspecified atom stereocenters. The Morgan fingerprint density at radius 3 is 2.44 bits per heavy atom. The van der Waals surface area contributed by atoms with Gasteiger partial charge in [-0.1, -0.05) is 6.07 Å². The van der Waals surface area contributed by atoms with Crippen LogP contribution in [0, 0.1) is 11.6 Å². The maximum Gasteiger partial charge on any atom is 0.126 e. The number of benzene rings is 1. The smallest absolute Gasteiger partial charge is 0.126 e. The SMILES string of the molecule is NCc1ncccc1-c1cc(F)cc(F)c1. The molecule has 0 aliphatic heterocycles. The Balaban J connectivity index is 2.58. The summed E-state index contributed by atoms with van der Waals surface area (Å²) in [5, 5.41) is 0. The third-order valence-electron chi connectivity index (χ3n) is 2.26. The molecular weight excluding hydrogens is 210 g/mol. The molecule has 0 bridgehead atoms. The second-order valence-electron chi connectivity index (χ2n) is 3.36. The van der Waals surface area contributed by atoms with Crippen molar-refractivity contribution in [2.45, 2.75) is 6.54 Å². The van der Waals surface area contributed by atoms with Crippen LogP contribution in [-0.4, -0.2) is 4.98 Å². The van der Waals surface area contributed by atoms with Crippen LogP contribution in [-0.2, 0) is 6.54 Å². The predicted molar refractivity (Wildman–Crippen MR) is 57.5 cm³/mol. The van der Waals surface area contributed by atoms with Crippen molar-refractivity contribution in [2.75, 3.05) is 0 Å². The van der Waals surface area contributed by atoms with Gasteiger partial charge in [0.1, 0.15) is 11.6 Å². The van der Waals surface area contributed by atoms with E-state index in [0.717, 1.165) is 6.07 Å². The minimum atomic E-state index is -0.609. The van der Waals surface area contributed by atoms with Crippen LogP contribution < -0.4 is 5.73 Å². The third kappa shape index (κ3) is 2.06. The van der Waals surface area contributed by atoms with Crippen LogP contribution in [0.5, 0.6) is 0 Å². The lowest BCUT2D eigenvalue weighted by Crippen LogP contribution is -2.01. The van der Waals surface area contributed by atoms with E-state index in [9.17, 15) is 8.78 Å². The van der Waals surface area contributed by atoms with Gasteiger partial charge in [0.15, 0.2) is 0 Å². The van der Waals surface area contributed by atoms with Crippen LogP contribution >= 0.6 is 0 Å². The van der Waals surface area contributed by atoms with E-state index < -0.39 is 11.6 Å². The van der Waals surface area contributed by atoms with Gasteiger partial charge in [0.2, 0.25) is 0 Å². The molecule has 0 atom stereocenters. The van der Waals surface area contributed by atoms with Gasteiger partial charge in [0.25, 0.3) is 0 Å². The molecule has 0 saturated heterocycles. The zero-order valence-corrected chi connectivity index (χ0v) is 8.45. The van der Waals surface area contributed by atoms with Gasteiger partial charge in [0, 0.05) is 24.4 Å². The second kappa shape index (κ2) is 4.37. The minimum absolute atomic E-state index is 0.230. The standard InChI is InChI=1S/C12H10F2N2/c13-9-4-8(5-10(14)6-9)11-2-1-3-16-12(11)7-15/h1-6H,7,15H2. The lowest BCUT2D eigenvalue weighted by atomic mass is 10.0. The molecule has 0 aliphatic carbocycles. The van der Waals surface area contributed by atoms with Gasteiger partial charge in [-0.25, -0.2) is 8.78 Å². The van der Waals surface area contributed by atoms with E-state index >= 15 is 0 Å². The van der Waals surface area contributed by atoms with E-state index in [4.69, 9.17) is 5.73 Å². The van der Waals surface area contributed by atoms with Crippen molar-refractivity contribution in [2.24, 2.45) is 5.73 Å². The van der Waals surface area contributed by atoms with Crippen molar-refractivity contribution < 1.29 is 8.78 Å². The first-order chi connectivity index (χ1) is 7.70. The second-order valence-corrected chi connectivity index (χ2v) is 3.36. The van der Waals surface area contributed by atoms with E-state index in [1.807, 2.05) is 0 Å². The molecule has 4 heteroatoms. The van der Waals surface area contributed by atoms with Crippen LogP contribution in [0.25, 0.3) is 11.1 Å². The predicted octanol–water partition coefficient (Wildman–Crippen LogP) is 2.49. The summed E-state index contributed by atoms with van der Waals surface area (Å²) in [5.74, 6) is -1.22. The van der Waals surface area contributed by atoms with E-state index in [1.54, 1.807) is 18.3 Å². The number of nitrogens with zero attached hydrogens (tertiary/aromatic N) is 1. The average molecular weight is 220 g/mol. The van der Waals surface area contributed by atoms with Crippen molar-refractivity contribution in [3.63, 3.8) is 0 Å². The Morgan fingerprint density at radius 2 is 1.81 bits per heavy atom. The Bertz CT molecular complexity index is 492. The molecule has 2 aromatic rings. The summed E-state index contributed by atoms with van der Waals surface area (Å²) in [7, 11) is 0. The van der Waals surface area contributed by atoms with Gasteiger partial charge in [0.05, 0.1) is 5.69 Å². The highest BCUT2D eigenvalue weighted by atomic mass is 19.1. The Labute approximate surface area is 91.7 Å². The number of hydrogen-bond acceptors (Lipinski definition) is 2. The van der Waals surface area contributed by atoms with Crippen molar-refractivity contribution in [1.82, 2.24) is 4.98 Å². The molecule has 0 amide bonds. The van der Waals surface area contributed by atoms with E-state index in [-0.39, 0.29) is 6.54 Å². The molecule has 2 nitrogen and oxygen atoms in total. The molecule has 82 valence electrons. The number of hydrogen-bond donors (Lipinski definition) is 1. The summed E-state index contributed by atoms with van der Waals surface area (Å²) in [4.78, 5) is 4.06. The van der Waals surface area contributed by atoms with Gasteiger partial charge in [-0.3, -0.25) is 4.98 Å². The van der Waals surface area contributed by atoms with Gasteiger partial charge >= 0.3 is 0 Å². The van der Waals surface area contributed by atoms with E-state index in [0.29, 0.717) is 16.8 Å². The monoisotopic (exact) mass is 220 g/mol. The maximum absolute atomic E-state index is 13.1. The number of rotatable bonds is 2. The van der Waals surface area contributed by atoms with Gasteiger partial charge in [-0.2, -0.15) is 0 Å². The fourth-order valence-electron chi connectivity index (χ4n) is 1.57. The molecule has 0 saturated carbocycles. The first-order valence-corrected chi connectivity index (χ1v) is 4.81.